The van der Waals surface area contributed by atoms with E-state index in [0.29, 0.717) is 15.2 Å². The van der Waals surface area contributed by atoms with Gasteiger partial charge in [0.15, 0.2) is 5.11 Å². The van der Waals surface area contributed by atoms with Crippen molar-refractivity contribution in [3.05, 3.63) is 111 Å². The third-order valence-electron chi connectivity index (χ3n) is 5.77. The second-order valence-corrected chi connectivity index (χ2v) is 9.91. The molecule has 1 aliphatic rings. The van der Waals surface area contributed by atoms with Gasteiger partial charge in [-0.25, -0.2) is 0 Å². The second-order valence-electron chi connectivity index (χ2n) is 7.83. The van der Waals surface area contributed by atoms with E-state index in [0.717, 1.165) is 32.8 Å². The molecule has 0 saturated carbocycles. The first-order valence-corrected chi connectivity index (χ1v) is 12.3. The second kappa shape index (κ2) is 9.11. The number of anilines is 1. The van der Waals surface area contributed by atoms with Gasteiger partial charge in [-0.2, -0.15) is 0 Å². The summed E-state index contributed by atoms with van der Waals surface area (Å²) in [6, 6.07) is 21.5. The van der Waals surface area contributed by atoms with E-state index in [9.17, 15) is 0 Å². The van der Waals surface area contributed by atoms with Crippen LogP contribution >= 0.6 is 51.3 Å². The molecular formula is C25H19BrCl2N4S. The lowest BCUT2D eigenvalue weighted by molar-refractivity contribution is 0.549. The van der Waals surface area contributed by atoms with Crippen LogP contribution in [0.5, 0.6) is 0 Å². The fourth-order valence-electron chi connectivity index (χ4n) is 4.24. The molecule has 3 heterocycles. The molecule has 2 aromatic carbocycles. The number of pyridine rings is 1. The molecule has 0 unspecified atom stereocenters. The molecule has 1 fully saturated rings. The van der Waals surface area contributed by atoms with Crippen LogP contribution in [0.15, 0.2) is 83.6 Å². The van der Waals surface area contributed by atoms with Crippen molar-refractivity contribution in [1.82, 2.24) is 14.9 Å². The minimum absolute atomic E-state index is 0.151. The lowest BCUT2D eigenvalue weighted by Gasteiger charge is -2.29. The van der Waals surface area contributed by atoms with Crippen LogP contribution in [-0.4, -0.2) is 14.7 Å². The van der Waals surface area contributed by atoms with Crippen LogP contribution in [0, 0.1) is 6.92 Å². The van der Waals surface area contributed by atoms with Crippen molar-refractivity contribution < 1.29 is 0 Å². The topological polar surface area (TPSA) is 33.1 Å². The maximum absolute atomic E-state index is 6.60. The van der Waals surface area contributed by atoms with E-state index in [1.165, 1.54) is 0 Å². The number of nitrogens with one attached hydrogen (secondary N) is 1. The van der Waals surface area contributed by atoms with Gasteiger partial charge in [-0.1, -0.05) is 45.2 Å². The summed E-state index contributed by atoms with van der Waals surface area (Å²) in [6.45, 7) is 2.07. The van der Waals surface area contributed by atoms with Crippen molar-refractivity contribution in [1.29, 1.82) is 0 Å². The molecule has 0 bridgehead atoms. The molecule has 0 amide bonds. The van der Waals surface area contributed by atoms with E-state index in [-0.39, 0.29) is 12.1 Å². The highest BCUT2D eigenvalue weighted by Crippen LogP contribution is 2.43. The van der Waals surface area contributed by atoms with Gasteiger partial charge in [-0.15, -0.1) is 0 Å². The summed E-state index contributed by atoms with van der Waals surface area (Å²) in [5.74, 6) is 0. The number of thiocarbonyl (C=S) groups is 1. The molecular weight excluding hydrogens is 539 g/mol. The number of rotatable bonds is 4. The minimum Gasteiger partial charge on any atom is -0.351 e. The molecule has 2 atom stereocenters. The molecule has 1 aliphatic heterocycles. The van der Waals surface area contributed by atoms with Crippen LogP contribution in [0.4, 0.5) is 5.69 Å². The summed E-state index contributed by atoms with van der Waals surface area (Å²) in [7, 11) is 0. The monoisotopic (exact) mass is 556 g/mol. The number of halogens is 3. The van der Waals surface area contributed by atoms with E-state index in [1.807, 2.05) is 48.7 Å². The zero-order valence-corrected chi connectivity index (χ0v) is 21.5. The van der Waals surface area contributed by atoms with E-state index in [1.54, 1.807) is 12.3 Å². The van der Waals surface area contributed by atoms with Crippen LogP contribution < -0.4 is 10.2 Å². The van der Waals surface area contributed by atoms with Crippen LogP contribution in [0.25, 0.3) is 5.69 Å². The van der Waals surface area contributed by atoms with Crippen LogP contribution in [0.1, 0.15) is 29.0 Å². The molecule has 2 aromatic heterocycles. The molecule has 1 saturated heterocycles. The fourth-order valence-corrected chi connectivity index (χ4v) is 5.34. The van der Waals surface area contributed by atoms with Gasteiger partial charge in [0, 0.05) is 33.3 Å². The molecule has 4 aromatic rings. The summed E-state index contributed by atoms with van der Waals surface area (Å²) in [4.78, 5) is 6.79. The summed E-state index contributed by atoms with van der Waals surface area (Å²) < 4.78 is 3.15. The van der Waals surface area contributed by atoms with Crippen molar-refractivity contribution in [3.63, 3.8) is 0 Å². The number of aryl methyl sites for hydroxylation is 1. The van der Waals surface area contributed by atoms with E-state index >= 15 is 0 Å². The van der Waals surface area contributed by atoms with E-state index in [4.69, 9.17) is 35.4 Å². The fraction of sp³-hybridized carbons (Fsp3) is 0.120. The predicted octanol–water partition coefficient (Wildman–Crippen LogP) is 7.43. The zero-order chi connectivity index (χ0) is 23.1. The molecule has 0 radical (unpaired) electrons. The van der Waals surface area contributed by atoms with Crippen LogP contribution in [0.3, 0.4) is 0 Å². The standard InChI is InChI=1S/C25H19BrCl2N4S/c1-15-13-17(8-9-18(15)26)32-24(23(30-25(32)33)20-5-2-3-11-29-20)22-6-4-12-31(22)21-10-7-16(27)14-19(21)28/h2-14,23-24H,1H3,(H,30,33)/t23-,24+/m0/s1. The van der Waals surface area contributed by atoms with Gasteiger partial charge in [0.25, 0.3) is 0 Å². The largest absolute Gasteiger partial charge is 0.351 e. The van der Waals surface area contributed by atoms with Gasteiger partial charge in [0.05, 0.1) is 22.4 Å². The molecule has 0 spiro atoms. The van der Waals surface area contributed by atoms with E-state index < -0.39 is 0 Å². The van der Waals surface area contributed by atoms with Crippen molar-refractivity contribution in [3.8, 4) is 5.69 Å². The number of benzene rings is 2. The average molecular weight is 558 g/mol. The molecule has 1 N–H and O–H groups in total. The van der Waals surface area contributed by atoms with E-state index in [2.05, 4.69) is 60.8 Å². The van der Waals surface area contributed by atoms with Crippen molar-refractivity contribution >= 4 is 62.1 Å². The van der Waals surface area contributed by atoms with Gasteiger partial charge in [0.1, 0.15) is 6.04 Å². The summed E-state index contributed by atoms with van der Waals surface area (Å²) in [5.41, 5.74) is 4.93. The molecule has 5 rings (SSSR count). The summed E-state index contributed by atoms with van der Waals surface area (Å²) in [5, 5.41) is 5.33. The summed E-state index contributed by atoms with van der Waals surface area (Å²) in [6.07, 6.45) is 3.81. The van der Waals surface area contributed by atoms with Crippen molar-refractivity contribution in [2.24, 2.45) is 0 Å². The molecule has 166 valence electrons. The number of hydrogen-bond donors (Lipinski definition) is 1. The third-order valence-corrected chi connectivity index (χ3v) is 7.51. The SMILES string of the molecule is Cc1cc(N2C(=S)N[C@@H](c3ccccn3)[C@H]2c2cccn2-c2ccc(Cl)cc2Cl)ccc1Br. The highest BCUT2D eigenvalue weighted by Gasteiger charge is 2.42. The smallest absolute Gasteiger partial charge is 0.174 e. The Morgan fingerprint density at radius 3 is 2.61 bits per heavy atom. The quantitative estimate of drug-likeness (QED) is 0.264. The number of hydrogen-bond acceptors (Lipinski definition) is 2. The molecule has 33 heavy (non-hydrogen) atoms. The maximum Gasteiger partial charge on any atom is 0.174 e. The van der Waals surface area contributed by atoms with Crippen molar-refractivity contribution in [2.45, 2.75) is 19.0 Å². The Bertz CT molecular complexity index is 1340. The average Bonchev–Trinajstić information content (AvgIpc) is 3.40. The predicted molar refractivity (Wildman–Crippen MR) is 143 cm³/mol. The van der Waals surface area contributed by atoms with Crippen LogP contribution in [0.2, 0.25) is 10.0 Å². The Kier molecular flexibility index (Phi) is 6.18. The first-order valence-electron chi connectivity index (χ1n) is 10.3. The normalized spacial score (nSPS) is 17.9. The third kappa shape index (κ3) is 4.17. The lowest BCUT2D eigenvalue weighted by Crippen LogP contribution is -2.30. The van der Waals surface area contributed by atoms with Gasteiger partial charge < -0.3 is 14.8 Å². The Morgan fingerprint density at radius 2 is 1.88 bits per heavy atom. The zero-order valence-electron chi connectivity index (χ0n) is 17.5. The first-order chi connectivity index (χ1) is 15.9. The maximum atomic E-state index is 6.60. The van der Waals surface area contributed by atoms with Gasteiger partial charge in [0.2, 0.25) is 0 Å². The van der Waals surface area contributed by atoms with Crippen molar-refractivity contribution in [2.75, 3.05) is 4.90 Å². The number of nitrogens with zero attached hydrogens (tertiary/aromatic N) is 3. The lowest BCUT2D eigenvalue weighted by atomic mass is 10.0. The summed E-state index contributed by atoms with van der Waals surface area (Å²) >= 11 is 22.2. The van der Waals surface area contributed by atoms with Gasteiger partial charge in [-0.3, -0.25) is 4.98 Å². The Morgan fingerprint density at radius 1 is 1.03 bits per heavy atom. The Balaban J connectivity index is 1.69. The number of aromatic nitrogens is 2. The van der Waals surface area contributed by atoms with Gasteiger partial charge in [-0.05, 0) is 85.4 Å². The highest BCUT2D eigenvalue weighted by molar-refractivity contribution is 9.10. The Hall–Kier alpha value is -2.38. The molecule has 4 nitrogen and oxygen atoms in total. The molecule has 0 aliphatic carbocycles. The van der Waals surface area contributed by atoms with Gasteiger partial charge >= 0.3 is 0 Å². The molecule has 8 heteroatoms. The van der Waals surface area contributed by atoms with Crippen LogP contribution in [-0.2, 0) is 0 Å². The minimum atomic E-state index is -0.158. The Labute approximate surface area is 216 Å². The highest BCUT2D eigenvalue weighted by atomic mass is 79.9. The first kappa shape index (κ1) is 22.4.